The van der Waals surface area contributed by atoms with Crippen molar-refractivity contribution in [1.29, 1.82) is 0 Å². The molecule has 1 aliphatic rings. The fraction of sp³-hybridized carbons (Fsp3) is 0.800. The van der Waals surface area contributed by atoms with Crippen LogP contribution < -0.4 is 0 Å². The number of ether oxygens (including phenoxy) is 2. The van der Waals surface area contributed by atoms with Gasteiger partial charge in [-0.1, -0.05) is 0 Å². The van der Waals surface area contributed by atoms with Crippen LogP contribution in [0.25, 0.3) is 0 Å². The van der Waals surface area contributed by atoms with Gasteiger partial charge in [0.2, 0.25) is 5.91 Å². The summed E-state index contributed by atoms with van der Waals surface area (Å²) in [6.07, 6.45) is 1.01. The standard InChI is InChI=1S/C10H17NO4/c1-14-6-5-11-7-8(10(13)15-2)3-4-9(11)12/h8H,3-7H2,1-2H3/t8-/m0/s1. The molecule has 1 saturated heterocycles. The summed E-state index contributed by atoms with van der Waals surface area (Å²) >= 11 is 0. The summed E-state index contributed by atoms with van der Waals surface area (Å²) in [5, 5.41) is 0. The molecule has 1 atom stereocenters. The molecule has 1 aliphatic heterocycles. The lowest BCUT2D eigenvalue weighted by Crippen LogP contribution is -2.44. The molecular weight excluding hydrogens is 198 g/mol. The van der Waals surface area contributed by atoms with Gasteiger partial charge in [0.05, 0.1) is 19.6 Å². The van der Waals surface area contributed by atoms with E-state index in [2.05, 4.69) is 4.74 Å². The van der Waals surface area contributed by atoms with Crippen LogP contribution in [-0.2, 0) is 19.1 Å². The van der Waals surface area contributed by atoms with Gasteiger partial charge in [-0.15, -0.1) is 0 Å². The lowest BCUT2D eigenvalue weighted by molar-refractivity contribution is -0.150. The van der Waals surface area contributed by atoms with Crippen molar-refractivity contribution < 1.29 is 19.1 Å². The van der Waals surface area contributed by atoms with Crippen LogP contribution in [0.3, 0.4) is 0 Å². The Morgan fingerprint density at radius 3 is 2.87 bits per heavy atom. The van der Waals surface area contributed by atoms with Crippen molar-refractivity contribution >= 4 is 11.9 Å². The minimum Gasteiger partial charge on any atom is -0.469 e. The molecule has 0 N–H and O–H groups in total. The SMILES string of the molecule is COCCN1C[C@@H](C(=O)OC)CCC1=O. The van der Waals surface area contributed by atoms with E-state index in [9.17, 15) is 9.59 Å². The molecule has 86 valence electrons. The minimum absolute atomic E-state index is 0.0900. The number of methoxy groups -OCH3 is 2. The van der Waals surface area contributed by atoms with Gasteiger partial charge in [0.1, 0.15) is 0 Å². The average Bonchev–Trinajstić information content (AvgIpc) is 2.27. The van der Waals surface area contributed by atoms with Crippen LogP contribution in [0.15, 0.2) is 0 Å². The van der Waals surface area contributed by atoms with Crippen LogP contribution in [0.5, 0.6) is 0 Å². The summed E-state index contributed by atoms with van der Waals surface area (Å²) in [7, 11) is 2.96. The summed E-state index contributed by atoms with van der Waals surface area (Å²) in [5.74, 6) is -0.318. The van der Waals surface area contributed by atoms with E-state index in [4.69, 9.17) is 4.74 Å². The quantitative estimate of drug-likeness (QED) is 0.621. The van der Waals surface area contributed by atoms with Crippen LogP contribution >= 0.6 is 0 Å². The predicted molar refractivity (Wildman–Crippen MR) is 53.2 cm³/mol. The molecule has 5 heteroatoms. The molecule has 0 aromatic heterocycles. The fourth-order valence-electron chi connectivity index (χ4n) is 1.69. The van der Waals surface area contributed by atoms with E-state index >= 15 is 0 Å². The van der Waals surface area contributed by atoms with Gasteiger partial charge in [0, 0.05) is 26.6 Å². The second kappa shape index (κ2) is 5.70. The number of amides is 1. The first-order valence-electron chi connectivity index (χ1n) is 5.03. The Kier molecular flexibility index (Phi) is 4.55. The van der Waals surface area contributed by atoms with Crippen molar-refractivity contribution in [3.63, 3.8) is 0 Å². The van der Waals surface area contributed by atoms with E-state index in [1.807, 2.05) is 0 Å². The Morgan fingerprint density at radius 2 is 2.27 bits per heavy atom. The Morgan fingerprint density at radius 1 is 1.53 bits per heavy atom. The third kappa shape index (κ3) is 3.20. The van der Waals surface area contributed by atoms with Crippen molar-refractivity contribution in [2.45, 2.75) is 12.8 Å². The minimum atomic E-state index is -0.232. The Labute approximate surface area is 89.3 Å². The molecule has 0 aromatic rings. The zero-order valence-electron chi connectivity index (χ0n) is 9.19. The Balaban J connectivity index is 2.48. The van der Waals surface area contributed by atoms with E-state index in [0.29, 0.717) is 32.5 Å². The molecule has 0 spiro atoms. The highest BCUT2D eigenvalue weighted by atomic mass is 16.5. The molecule has 0 aromatic carbocycles. The third-order valence-electron chi connectivity index (χ3n) is 2.60. The van der Waals surface area contributed by atoms with Crippen molar-refractivity contribution in [2.24, 2.45) is 5.92 Å². The molecule has 1 fully saturated rings. The van der Waals surface area contributed by atoms with E-state index in [-0.39, 0.29) is 17.8 Å². The molecule has 1 rings (SSSR count). The summed E-state index contributed by atoms with van der Waals surface area (Å²) in [6, 6.07) is 0. The van der Waals surface area contributed by atoms with Crippen molar-refractivity contribution in [1.82, 2.24) is 4.90 Å². The molecular formula is C10H17NO4. The van der Waals surface area contributed by atoms with Crippen LogP contribution in [0.2, 0.25) is 0 Å². The number of rotatable bonds is 4. The first-order valence-corrected chi connectivity index (χ1v) is 5.03. The van der Waals surface area contributed by atoms with Crippen molar-refractivity contribution in [3.8, 4) is 0 Å². The number of likely N-dealkylation sites (tertiary alicyclic amines) is 1. The fourth-order valence-corrected chi connectivity index (χ4v) is 1.69. The molecule has 15 heavy (non-hydrogen) atoms. The number of nitrogens with zero attached hydrogens (tertiary/aromatic N) is 1. The van der Waals surface area contributed by atoms with Gasteiger partial charge in [0.25, 0.3) is 0 Å². The number of piperidine rings is 1. The van der Waals surface area contributed by atoms with Crippen LogP contribution in [-0.4, -0.2) is 50.7 Å². The van der Waals surface area contributed by atoms with E-state index in [1.165, 1.54) is 7.11 Å². The Hall–Kier alpha value is -1.10. The maximum atomic E-state index is 11.5. The van der Waals surface area contributed by atoms with Gasteiger partial charge >= 0.3 is 5.97 Å². The van der Waals surface area contributed by atoms with Gasteiger partial charge in [-0.2, -0.15) is 0 Å². The molecule has 1 heterocycles. The maximum absolute atomic E-state index is 11.5. The molecule has 0 unspecified atom stereocenters. The van der Waals surface area contributed by atoms with E-state index < -0.39 is 0 Å². The second-order valence-corrected chi connectivity index (χ2v) is 3.59. The molecule has 0 bridgehead atoms. The van der Waals surface area contributed by atoms with Crippen LogP contribution in [0.1, 0.15) is 12.8 Å². The number of esters is 1. The molecule has 0 radical (unpaired) electrons. The summed E-state index contributed by atoms with van der Waals surface area (Å²) in [4.78, 5) is 24.4. The molecule has 5 nitrogen and oxygen atoms in total. The molecule has 1 amide bonds. The zero-order valence-corrected chi connectivity index (χ0v) is 9.19. The largest absolute Gasteiger partial charge is 0.469 e. The average molecular weight is 215 g/mol. The first kappa shape index (κ1) is 12.0. The predicted octanol–water partition coefficient (Wildman–Crippen LogP) is 0.0444. The smallest absolute Gasteiger partial charge is 0.310 e. The summed E-state index contributed by atoms with van der Waals surface area (Å²) < 4.78 is 9.57. The highest BCUT2D eigenvalue weighted by Gasteiger charge is 2.30. The van der Waals surface area contributed by atoms with Gasteiger partial charge in [-0.3, -0.25) is 9.59 Å². The van der Waals surface area contributed by atoms with Crippen LogP contribution in [0, 0.1) is 5.92 Å². The topological polar surface area (TPSA) is 55.8 Å². The maximum Gasteiger partial charge on any atom is 0.310 e. The van der Waals surface area contributed by atoms with Crippen molar-refractivity contribution in [2.75, 3.05) is 33.9 Å². The highest BCUT2D eigenvalue weighted by molar-refractivity contribution is 5.81. The monoisotopic (exact) mass is 215 g/mol. The molecule has 0 aliphatic carbocycles. The van der Waals surface area contributed by atoms with Gasteiger partial charge < -0.3 is 14.4 Å². The van der Waals surface area contributed by atoms with E-state index in [0.717, 1.165) is 0 Å². The lowest BCUT2D eigenvalue weighted by Gasteiger charge is -2.30. The lowest BCUT2D eigenvalue weighted by atomic mass is 9.98. The highest BCUT2D eigenvalue weighted by Crippen LogP contribution is 2.18. The van der Waals surface area contributed by atoms with Gasteiger partial charge in [0.15, 0.2) is 0 Å². The molecule has 0 saturated carbocycles. The van der Waals surface area contributed by atoms with Crippen molar-refractivity contribution in [3.05, 3.63) is 0 Å². The Bertz CT molecular complexity index is 242. The zero-order chi connectivity index (χ0) is 11.3. The van der Waals surface area contributed by atoms with Gasteiger partial charge in [-0.05, 0) is 6.42 Å². The van der Waals surface area contributed by atoms with Crippen LogP contribution in [0.4, 0.5) is 0 Å². The number of carbonyl (C=O) groups excluding carboxylic acids is 2. The third-order valence-corrected chi connectivity index (χ3v) is 2.60. The van der Waals surface area contributed by atoms with E-state index in [1.54, 1.807) is 12.0 Å². The number of hydrogen-bond donors (Lipinski definition) is 0. The first-order chi connectivity index (χ1) is 7.19. The summed E-state index contributed by atoms with van der Waals surface area (Å²) in [5.41, 5.74) is 0. The summed E-state index contributed by atoms with van der Waals surface area (Å²) in [6.45, 7) is 1.50. The normalized spacial score (nSPS) is 21.6. The number of carbonyl (C=O) groups is 2. The van der Waals surface area contributed by atoms with Gasteiger partial charge in [-0.25, -0.2) is 0 Å². The number of hydrogen-bond acceptors (Lipinski definition) is 4. The second-order valence-electron chi connectivity index (χ2n) is 3.59.